The minimum absolute atomic E-state index is 0.0449. The fraction of sp³-hybridized carbons (Fsp3) is 0.211. The Morgan fingerprint density at radius 2 is 1.77 bits per heavy atom. The summed E-state index contributed by atoms with van der Waals surface area (Å²) >= 11 is 0. The van der Waals surface area contributed by atoms with E-state index in [4.69, 9.17) is 5.14 Å². The fourth-order valence-corrected chi connectivity index (χ4v) is 3.43. The molecule has 1 aromatic heterocycles. The molecular weight excluding hydrogens is 350 g/mol. The van der Waals surface area contributed by atoms with Gasteiger partial charge in [-0.05, 0) is 62.2 Å². The van der Waals surface area contributed by atoms with Gasteiger partial charge in [0, 0.05) is 22.2 Å². The van der Waals surface area contributed by atoms with E-state index in [0.717, 1.165) is 27.7 Å². The van der Waals surface area contributed by atoms with E-state index in [1.54, 1.807) is 18.2 Å². The van der Waals surface area contributed by atoms with Crippen molar-refractivity contribution in [1.82, 2.24) is 10.3 Å². The number of amides is 1. The van der Waals surface area contributed by atoms with Crippen LogP contribution in [0.15, 0.2) is 47.4 Å². The molecule has 0 unspecified atom stereocenters. The van der Waals surface area contributed by atoms with Gasteiger partial charge < -0.3 is 10.3 Å². The van der Waals surface area contributed by atoms with Gasteiger partial charge in [0.15, 0.2) is 0 Å². The van der Waals surface area contributed by atoms with Gasteiger partial charge in [0.2, 0.25) is 10.0 Å². The minimum Gasteiger partial charge on any atom is -0.358 e. The molecule has 3 rings (SSSR count). The van der Waals surface area contributed by atoms with Crippen LogP contribution in [0.1, 0.15) is 40.1 Å². The van der Waals surface area contributed by atoms with Crippen LogP contribution in [0.2, 0.25) is 0 Å². The van der Waals surface area contributed by atoms with Crippen LogP contribution < -0.4 is 10.5 Å². The Kier molecular flexibility index (Phi) is 4.60. The van der Waals surface area contributed by atoms with E-state index >= 15 is 0 Å². The summed E-state index contributed by atoms with van der Waals surface area (Å²) in [5, 5.41) is 9.06. The Morgan fingerprint density at radius 1 is 1.12 bits per heavy atom. The number of aryl methyl sites for hydroxylation is 2. The normalized spacial score (nSPS) is 12.9. The number of nitrogens with two attached hydrogens (primary N) is 1. The lowest BCUT2D eigenvalue weighted by atomic mass is 10.1. The number of rotatable bonds is 4. The summed E-state index contributed by atoms with van der Waals surface area (Å²) in [6, 6.07) is 11.4. The van der Waals surface area contributed by atoms with Crippen molar-refractivity contribution in [3.8, 4) is 0 Å². The van der Waals surface area contributed by atoms with Crippen LogP contribution in [-0.2, 0) is 10.0 Å². The van der Waals surface area contributed by atoms with Gasteiger partial charge in [0.25, 0.3) is 5.91 Å². The number of H-pyrrole nitrogens is 1. The Hall–Kier alpha value is -2.64. The van der Waals surface area contributed by atoms with E-state index in [1.807, 2.05) is 32.9 Å². The van der Waals surface area contributed by atoms with Crippen LogP contribution in [0.25, 0.3) is 10.9 Å². The van der Waals surface area contributed by atoms with Gasteiger partial charge in [-0.25, -0.2) is 13.6 Å². The first-order chi connectivity index (χ1) is 12.2. The minimum atomic E-state index is -3.72. The molecule has 1 heterocycles. The second-order valence-corrected chi connectivity index (χ2v) is 8.01. The van der Waals surface area contributed by atoms with Crippen LogP contribution in [0.5, 0.6) is 0 Å². The highest BCUT2D eigenvalue weighted by Crippen LogP contribution is 2.23. The quantitative estimate of drug-likeness (QED) is 0.656. The summed E-state index contributed by atoms with van der Waals surface area (Å²) in [5.41, 5.74) is 4.58. The number of carbonyl (C=O) groups is 1. The number of carbonyl (C=O) groups excluding carboxylic acids is 1. The number of nitrogens with one attached hydrogen (secondary N) is 2. The van der Waals surface area contributed by atoms with Gasteiger partial charge in [-0.1, -0.05) is 12.1 Å². The molecule has 7 heteroatoms. The molecule has 0 fully saturated rings. The summed E-state index contributed by atoms with van der Waals surface area (Å²) < 4.78 is 22.6. The average Bonchev–Trinajstić information content (AvgIpc) is 2.88. The molecule has 2 aromatic carbocycles. The maximum Gasteiger partial charge on any atom is 0.251 e. The SMILES string of the molecule is Cc1[nH]c2ccc(C(=O)N[C@@H](C)c3ccc(S(N)(=O)=O)cc3)cc2c1C. The molecule has 0 saturated carbocycles. The molecule has 6 nitrogen and oxygen atoms in total. The van der Waals surface area contributed by atoms with E-state index in [9.17, 15) is 13.2 Å². The standard InChI is InChI=1S/C19H21N3O3S/c1-11-12(2)21-18-9-6-15(10-17(11)18)19(23)22-13(3)14-4-7-16(8-5-14)26(20,24)25/h4-10,13,21H,1-3H3,(H,22,23)(H2,20,24,25)/t13-/m0/s1. The predicted octanol–water partition coefficient (Wildman–Crippen LogP) is 2.92. The Morgan fingerprint density at radius 3 is 2.38 bits per heavy atom. The lowest BCUT2D eigenvalue weighted by molar-refractivity contribution is 0.0940. The monoisotopic (exact) mass is 371 g/mol. The maximum atomic E-state index is 12.6. The fourth-order valence-electron chi connectivity index (χ4n) is 2.91. The first kappa shape index (κ1) is 18.2. The van der Waals surface area contributed by atoms with E-state index < -0.39 is 10.0 Å². The molecule has 0 aliphatic carbocycles. The van der Waals surface area contributed by atoms with Gasteiger partial charge in [-0.3, -0.25) is 4.79 Å². The Balaban J connectivity index is 1.80. The van der Waals surface area contributed by atoms with Crippen molar-refractivity contribution in [2.24, 2.45) is 5.14 Å². The summed E-state index contributed by atoms with van der Waals surface area (Å²) in [5.74, 6) is -0.187. The number of fused-ring (bicyclic) bond motifs is 1. The molecule has 0 aliphatic rings. The van der Waals surface area contributed by atoms with E-state index in [-0.39, 0.29) is 16.8 Å². The molecule has 3 aromatic rings. The Labute approximate surface area is 152 Å². The van der Waals surface area contributed by atoms with Crippen LogP contribution >= 0.6 is 0 Å². The topological polar surface area (TPSA) is 105 Å². The second-order valence-electron chi connectivity index (χ2n) is 6.44. The summed E-state index contributed by atoms with van der Waals surface area (Å²) in [6.07, 6.45) is 0. The molecule has 1 amide bonds. The highest BCUT2D eigenvalue weighted by molar-refractivity contribution is 7.89. The number of aromatic amines is 1. The highest BCUT2D eigenvalue weighted by Gasteiger charge is 2.14. The van der Waals surface area contributed by atoms with Crippen LogP contribution in [0.4, 0.5) is 0 Å². The van der Waals surface area contributed by atoms with Crippen molar-refractivity contribution in [3.05, 3.63) is 64.8 Å². The third kappa shape index (κ3) is 3.49. The second kappa shape index (κ2) is 6.59. The highest BCUT2D eigenvalue weighted by atomic mass is 32.2. The first-order valence-electron chi connectivity index (χ1n) is 8.19. The van der Waals surface area contributed by atoms with Crippen molar-refractivity contribution < 1.29 is 13.2 Å². The molecule has 0 aliphatic heterocycles. The number of primary sulfonamides is 1. The van der Waals surface area contributed by atoms with Gasteiger partial charge >= 0.3 is 0 Å². The van der Waals surface area contributed by atoms with Gasteiger partial charge in [0.1, 0.15) is 0 Å². The number of aromatic nitrogens is 1. The molecule has 4 N–H and O–H groups in total. The van der Waals surface area contributed by atoms with Crippen molar-refractivity contribution in [2.75, 3.05) is 0 Å². The van der Waals surface area contributed by atoms with Crippen LogP contribution in [0.3, 0.4) is 0 Å². The van der Waals surface area contributed by atoms with Crippen molar-refractivity contribution in [1.29, 1.82) is 0 Å². The summed E-state index contributed by atoms with van der Waals surface area (Å²) in [6.45, 7) is 5.86. The number of hydrogen-bond acceptors (Lipinski definition) is 3. The van der Waals surface area contributed by atoms with Crippen molar-refractivity contribution in [3.63, 3.8) is 0 Å². The molecule has 26 heavy (non-hydrogen) atoms. The van der Waals surface area contributed by atoms with Gasteiger partial charge in [-0.2, -0.15) is 0 Å². The number of sulfonamides is 1. The van der Waals surface area contributed by atoms with Crippen LogP contribution in [-0.4, -0.2) is 19.3 Å². The third-order valence-corrected chi connectivity index (χ3v) is 5.56. The average molecular weight is 371 g/mol. The third-order valence-electron chi connectivity index (χ3n) is 4.63. The largest absolute Gasteiger partial charge is 0.358 e. The van der Waals surface area contributed by atoms with Gasteiger partial charge in [0.05, 0.1) is 10.9 Å². The molecular formula is C19H21N3O3S. The summed E-state index contributed by atoms with van der Waals surface area (Å²) in [4.78, 5) is 15.9. The number of hydrogen-bond donors (Lipinski definition) is 3. The lowest BCUT2D eigenvalue weighted by Crippen LogP contribution is -2.26. The molecule has 136 valence electrons. The molecule has 0 bridgehead atoms. The zero-order valence-electron chi connectivity index (χ0n) is 14.8. The smallest absolute Gasteiger partial charge is 0.251 e. The van der Waals surface area contributed by atoms with Crippen molar-refractivity contribution >= 4 is 26.8 Å². The predicted molar refractivity (Wildman–Crippen MR) is 101 cm³/mol. The van der Waals surface area contributed by atoms with Crippen LogP contribution in [0, 0.1) is 13.8 Å². The molecule has 0 radical (unpaired) electrons. The Bertz CT molecular complexity index is 1080. The first-order valence-corrected chi connectivity index (χ1v) is 9.74. The molecule has 1 atom stereocenters. The zero-order valence-corrected chi connectivity index (χ0v) is 15.6. The molecule has 0 spiro atoms. The summed E-state index contributed by atoms with van der Waals surface area (Å²) in [7, 11) is -3.72. The van der Waals surface area contributed by atoms with Crippen molar-refractivity contribution in [2.45, 2.75) is 31.7 Å². The van der Waals surface area contributed by atoms with E-state index in [2.05, 4.69) is 10.3 Å². The lowest BCUT2D eigenvalue weighted by Gasteiger charge is -2.15. The number of benzene rings is 2. The van der Waals surface area contributed by atoms with E-state index in [0.29, 0.717) is 5.56 Å². The maximum absolute atomic E-state index is 12.6. The molecule has 0 saturated heterocycles. The zero-order chi connectivity index (χ0) is 19.1. The van der Waals surface area contributed by atoms with Gasteiger partial charge in [-0.15, -0.1) is 0 Å². The van der Waals surface area contributed by atoms with E-state index in [1.165, 1.54) is 12.1 Å².